The number of ether oxygens (including phenoxy) is 2. The standard InChI is InChI=1S/C30H29F2N3O3/c1-2-28-26(20-34(19-24-11-8-18-37-24)29(36)25-12-6-7-13-27(25)32)30(38-23-9-4-3-5-10-23)35(33-28)22-16-14-21(31)15-17-22/h3-7,9-10,12-17,24H,2,8,11,18-20H2,1H3/t24-/m0/s1. The Morgan fingerprint density at radius 1 is 1.05 bits per heavy atom. The zero-order valence-electron chi connectivity index (χ0n) is 21.1. The number of benzene rings is 3. The third-order valence-corrected chi connectivity index (χ3v) is 6.57. The highest BCUT2D eigenvalue weighted by atomic mass is 19.1. The lowest BCUT2D eigenvalue weighted by atomic mass is 10.1. The highest BCUT2D eigenvalue weighted by molar-refractivity contribution is 5.94. The summed E-state index contributed by atoms with van der Waals surface area (Å²) >= 11 is 0. The van der Waals surface area contributed by atoms with Crippen LogP contribution in [-0.2, 0) is 17.7 Å². The molecule has 0 saturated carbocycles. The first-order valence-corrected chi connectivity index (χ1v) is 12.8. The SMILES string of the molecule is CCc1nn(-c2ccc(F)cc2)c(Oc2ccccc2)c1CN(C[C@@H]1CCCO1)C(=O)c1ccccc1F. The minimum Gasteiger partial charge on any atom is -0.439 e. The highest BCUT2D eigenvalue weighted by Gasteiger charge is 2.29. The number of para-hydroxylation sites is 1. The van der Waals surface area contributed by atoms with E-state index in [1.54, 1.807) is 33.8 Å². The van der Waals surface area contributed by atoms with E-state index in [4.69, 9.17) is 14.6 Å². The molecule has 0 aliphatic carbocycles. The van der Waals surface area contributed by atoms with Gasteiger partial charge in [0.25, 0.3) is 5.91 Å². The van der Waals surface area contributed by atoms with Gasteiger partial charge in [0.2, 0.25) is 5.88 Å². The fourth-order valence-corrected chi connectivity index (χ4v) is 4.63. The van der Waals surface area contributed by atoms with E-state index >= 15 is 0 Å². The number of aromatic nitrogens is 2. The maximum atomic E-state index is 14.7. The van der Waals surface area contributed by atoms with Gasteiger partial charge in [-0.15, -0.1) is 0 Å². The summed E-state index contributed by atoms with van der Waals surface area (Å²) in [6.07, 6.45) is 2.17. The maximum Gasteiger partial charge on any atom is 0.257 e. The molecule has 0 radical (unpaired) electrons. The Balaban J connectivity index is 1.58. The summed E-state index contributed by atoms with van der Waals surface area (Å²) in [6, 6.07) is 21.2. The van der Waals surface area contributed by atoms with Gasteiger partial charge in [-0.2, -0.15) is 5.10 Å². The first-order valence-electron chi connectivity index (χ1n) is 12.8. The Morgan fingerprint density at radius 2 is 1.79 bits per heavy atom. The molecule has 1 aliphatic heterocycles. The number of aryl methyl sites for hydroxylation is 1. The number of nitrogens with zero attached hydrogens (tertiary/aromatic N) is 3. The molecule has 1 aromatic heterocycles. The van der Waals surface area contributed by atoms with Gasteiger partial charge in [0.15, 0.2) is 0 Å². The third-order valence-electron chi connectivity index (χ3n) is 6.57. The van der Waals surface area contributed by atoms with E-state index in [0.717, 1.165) is 18.5 Å². The first kappa shape index (κ1) is 25.6. The second kappa shape index (κ2) is 11.6. The van der Waals surface area contributed by atoms with Crippen LogP contribution in [0, 0.1) is 11.6 Å². The molecule has 8 heteroatoms. The summed E-state index contributed by atoms with van der Waals surface area (Å²) < 4.78 is 42.2. The molecule has 1 fully saturated rings. The summed E-state index contributed by atoms with van der Waals surface area (Å²) in [7, 11) is 0. The molecular weight excluding hydrogens is 488 g/mol. The minimum absolute atomic E-state index is 0.000000401. The maximum absolute atomic E-state index is 14.7. The lowest BCUT2D eigenvalue weighted by molar-refractivity contribution is 0.0502. The Bertz CT molecular complexity index is 1380. The zero-order valence-corrected chi connectivity index (χ0v) is 21.1. The summed E-state index contributed by atoms with van der Waals surface area (Å²) in [5.41, 5.74) is 2.03. The fourth-order valence-electron chi connectivity index (χ4n) is 4.63. The van der Waals surface area contributed by atoms with Crippen LogP contribution in [-0.4, -0.2) is 39.8 Å². The van der Waals surface area contributed by atoms with Crippen molar-refractivity contribution in [2.75, 3.05) is 13.2 Å². The molecule has 2 heterocycles. The van der Waals surface area contributed by atoms with Crippen LogP contribution < -0.4 is 4.74 Å². The smallest absolute Gasteiger partial charge is 0.257 e. The normalized spacial score (nSPS) is 15.0. The molecule has 0 unspecified atom stereocenters. The summed E-state index contributed by atoms with van der Waals surface area (Å²) in [5.74, 6) is -0.362. The monoisotopic (exact) mass is 517 g/mol. The van der Waals surface area contributed by atoms with Crippen molar-refractivity contribution in [3.63, 3.8) is 0 Å². The minimum atomic E-state index is -0.576. The second-order valence-electron chi connectivity index (χ2n) is 9.19. The van der Waals surface area contributed by atoms with Crippen molar-refractivity contribution in [3.8, 4) is 17.3 Å². The summed E-state index contributed by atoms with van der Waals surface area (Å²) in [4.78, 5) is 15.3. The molecule has 1 atom stereocenters. The van der Waals surface area contributed by atoms with Gasteiger partial charge in [0.05, 0.1) is 35.2 Å². The van der Waals surface area contributed by atoms with Crippen LogP contribution in [0.2, 0.25) is 0 Å². The molecule has 4 aromatic rings. The highest BCUT2D eigenvalue weighted by Crippen LogP contribution is 2.33. The van der Waals surface area contributed by atoms with E-state index in [-0.39, 0.29) is 24.0 Å². The van der Waals surface area contributed by atoms with Gasteiger partial charge in [-0.05, 0) is 67.8 Å². The van der Waals surface area contributed by atoms with Crippen LogP contribution in [0.4, 0.5) is 8.78 Å². The Hall–Kier alpha value is -4.04. The molecule has 0 bridgehead atoms. The van der Waals surface area contributed by atoms with Crippen molar-refractivity contribution < 1.29 is 23.0 Å². The number of halogens is 2. The number of carbonyl (C=O) groups excluding carboxylic acids is 1. The van der Waals surface area contributed by atoms with Crippen LogP contribution in [0.5, 0.6) is 11.6 Å². The number of amides is 1. The van der Waals surface area contributed by atoms with Crippen LogP contribution >= 0.6 is 0 Å². The van der Waals surface area contributed by atoms with Crippen LogP contribution in [0.15, 0.2) is 78.9 Å². The van der Waals surface area contributed by atoms with E-state index < -0.39 is 11.7 Å². The van der Waals surface area contributed by atoms with Gasteiger partial charge in [-0.3, -0.25) is 4.79 Å². The van der Waals surface area contributed by atoms with Crippen LogP contribution in [0.25, 0.3) is 5.69 Å². The number of hydrogen-bond acceptors (Lipinski definition) is 4. The average molecular weight is 518 g/mol. The number of hydrogen-bond donors (Lipinski definition) is 0. The van der Waals surface area contributed by atoms with Crippen molar-refractivity contribution in [1.29, 1.82) is 0 Å². The summed E-state index contributed by atoms with van der Waals surface area (Å²) in [6.45, 7) is 3.05. The molecule has 0 N–H and O–H groups in total. The Morgan fingerprint density at radius 3 is 2.47 bits per heavy atom. The number of carbonyl (C=O) groups is 1. The van der Waals surface area contributed by atoms with Gasteiger partial charge in [0.1, 0.15) is 17.4 Å². The average Bonchev–Trinajstić information content (AvgIpc) is 3.57. The van der Waals surface area contributed by atoms with E-state index in [9.17, 15) is 13.6 Å². The van der Waals surface area contributed by atoms with Crippen molar-refractivity contribution in [1.82, 2.24) is 14.7 Å². The summed E-state index contributed by atoms with van der Waals surface area (Å²) in [5, 5.41) is 4.79. The van der Waals surface area contributed by atoms with Gasteiger partial charge in [0, 0.05) is 13.2 Å². The van der Waals surface area contributed by atoms with Crippen molar-refractivity contribution in [3.05, 3.63) is 107 Å². The molecule has 6 nitrogen and oxygen atoms in total. The van der Waals surface area contributed by atoms with Gasteiger partial charge >= 0.3 is 0 Å². The van der Waals surface area contributed by atoms with Gasteiger partial charge < -0.3 is 14.4 Å². The quantitative estimate of drug-likeness (QED) is 0.261. The van der Waals surface area contributed by atoms with E-state index in [2.05, 4.69) is 0 Å². The molecule has 1 amide bonds. The van der Waals surface area contributed by atoms with E-state index in [0.29, 0.717) is 42.5 Å². The number of rotatable bonds is 9. The molecule has 196 valence electrons. The fraction of sp³-hybridized carbons (Fsp3) is 0.267. The molecular formula is C30H29F2N3O3. The third kappa shape index (κ3) is 5.60. The molecule has 0 spiro atoms. The van der Waals surface area contributed by atoms with Gasteiger partial charge in [-0.25, -0.2) is 13.5 Å². The predicted molar refractivity (Wildman–Crippen MR) is 140 cm³/mol. The molecule has 3 aromatic carbocycles. The zero-order chi connectivity index (χ0) is 26.5. The molecule has 1 saturated heterocycles. The van der Waals surface area contributed by atoms with E-state index in [1.165, 1.54) is 24.3 Å². The Kier molecular flexibility index (Phi) is 7.79. The second-order valence-corrected chi connectivity index (χ2v) is 9.19. The lowest BCUT2D eigenvalue weighted by Crippen LogP contribution is -2.37. The molecule has 1 aliphatic rings. The van der Waals surface area contributed by atoms with Crippen LogP contribution in [0.1, 0.15) is 41.4 Å². The Labute approximate surface area is 220 Å². The van der Waals surface area contributed by atoms with Crippen molar-refractivity contribution in [2.45, 2.75) is 38.8 Å². The molecule has 5 rings (SSSR count). The topological polar surface area (TPSA) is 56.6 Å². The first-order chi connectivity index (χ1) is 18.5. The predicted octanol–water partition coefficient (Wildman–Crippen LogP) is 6.33. The molecule has 38 heavy (non-hydrogen) atoms. The van der Waals surface area contributed by atoms with Crippen molar-refractivity contribution in [2.24, 2.45) is 0 Å². The van der Waals surface area contributed by atoms with Crippen LogP contribution in [0.3, 0.4) is 0 Å². The van der Waals surface area contributed by atoms with Crippen molar-refractivity contribution >= 4 is 5.91 Å². The van der Waals surface area contributed by atoms with E-state index in [1.807, 2.05) is 37.3 Å². The lowest BCUT2D eigenvalue weighted by Gasteiger charge is -2.26. The van der Waals surface area contributed by atoms with Gasteiger partial charge in [-0.1, -0.05) is 37.3 Å². The largest absolute Gasteiger partial charge is 0.439 e.